The van der Waals surface area contributed by atoms with Crippen molar-refractivity contribution in [3.63, 3.8) is 0 Å². The fourth-order valence-corrected chi connectivity index (χ4v) is 6.87. The third kappa shape index (κ3) is 7.02. The summed E-state index contributed by atoms with van der Waals surface area (Å²) in [5.74, 6) is 0. The molecule has 0 spiro atoms. The lowest BCUT2D eigenvalue weighted by Crippen LogP contribution is -2.45. The second-order valence-corrected chi connectivity index (χ2v) is 10.6. The van der Waals surface area contributed by atoms with Gasteiger partial charge in [0.1, 0.15) is 0 Å². The van der Waals surface area contributed by atoms with Crippen molar-refractivity contribution in [1.82, 2.24) is 0 Å². The van der Waals surface area contributed by atoms with Crippen LogP contribution in [0, 0.1) is 0 Å². The van der Waals surface area contributed by atoms with Crippen LogP contribution >= 0.6 is 0 Å². The molecule has 0 aliphatic heterocycles. The zero-order valence-electron chi connectivity index (χ0n) is 20.2. The first-order valence-electron chi connectivity index (χ1n) is 12.1. The normalized spacial score (nSPS) is 11.5. The summed E-state index contributed by atoms with van der Waals surface area (Å²) in [5, 5.41) is 0. The van der Waals surface area contributed by atoms with E-state index < -0.39 is 8.80 Å². The molecule has 0 heterocycles. The molecule has 0 unspecified atom stereocenters. The Morgan fingerprint density at radius 1 is 0.606 bits per heavy atom. The summed E-state index contributed by atoms with van der Waals surface area (Å²) in [6.07, 6.45) is 3.05. The molecule has 0 radical (unpaired) electrons. The Morgan fingerprint density at radius 3 is 1.61 bits per heavy atom. The van der Waals surface area contributed by atoms with Crippen molar-refractivity contribution in [2.75, 3.05) is 24.7 Å². The van der Waals surface area contributed by atoms with Gasteiger partial charge in [-0.2, -0.15) is 0 Å². The number of anilines is 3. The Balaban J connectivity index is 1.78. The van der Waals surface area contributed by atoms with Crippen molar-refractivity contribution in [2.45, 2.75) is 46.1 Å². The SMILES string of the molecule is CCO[Si](CCCCc1ccccc1N(c1ccccc1)c1ccccc1)(OCC)OCC. The standard InChI is InChI=1S/C28H37NO3Si/c1-4-30-33(31-5-2,32-6-3)24-16-15-18-25-17-13-14-23-28(25)29(26-19-9-7-10-20-26)27-21-11-8-12-22-27/h7-14,17,19-23H,4-6,15-16,18,24H2,1-3H3. The molecule has 33 heavy (non-hydrogen) atoms. The van der Waals surface area contributed by atoms with E-state index in [1.807, 2.05) is 20.8 Å². The number of benzene rings is 3. The number of nitrogens with zero attached hydrogens (tertiary/aromatic N) is 1. The van der Waals surface area contributed by atoms with Crippen LogP contribution in [-0.2, 0) is 19.7 Å². The zero-order valence-corrected chi connectivity index (χ0v) is 21.2. The van der Waals surface area contributed by atoms with Gasteiger partial charge in [0.25, 0.3) is 0 Å². The Hall–Kier alpha value is -2.44. The zero-order chi connectivity index (χ0) is 23.4. The van der Waals surface area contributed by atoms with Crippen molar-refractivity contribution in [3.05, 3.63) is 90.5 Å². The summed E-state index contributed by atoms with van der Waals surface area (Å²) in [5.41, 5.74) is 4.87. The van der Waals surface area contributed by atoms with Crippen molar-refractivity contribution >= 4 is 25.9 Å². The van der Waals surface area contributed by atoms with Crippen LogP contribution in [0.3, 0.4) is 0 Å². The van der Waals surface area contributed by atoms with Crippen LogP contribution in [-0.4, -0.2) is 28.6 Å². The molecule has 3 aromatic rings. The summed E-state index contributed by atoms with van der Waals surface area (Å²) in [4.78, 5) is 2.34. The van der Waals surface area contributed by atoms with Crippen LogP contribution in [0.2, 0.25) is 6.04 Å². The smallest absolute Gasteiger partial charge is 0.374 e. The monoisotopic (exact) mass is 463 g/mol. The van der Waals surface area contributed by atoms with E-state index >= 15 is 0 Å². The maximum Gasteiger partial charge on any atom is 0.500 e. The summed E-state index contributed by atoms with van der Waals surface area (Å²) in [7, 11) is -2.58. The summed E-state index contributed by atoms with van der Waals surface area (Å²) in [6.45, 7) is 7.90. The van der Waals surface area contributed by atoms with E-state index in [4.69, 9.17) is 13.3 Å². The molecule has 0 saturated heterocycles. The minimum atomic E-state index is -2.58. The van der Waals surface area contributed by atoms with Gasteiger partial charge < -0.3 is 18.2 Å². The van der Waals surface area contributed by atoms with Crippen LogP contribution in [0.15, 0.2) is 84.9 Å². The van der Waals surface area contributed by atoms with Gasteiger partial charge in [0.05, 0.1) is 0 Å². The van der Waals surface area contributed by atoms with Gasteiger partial charge in [0.2, 0.25) is 0 Å². The number of rotatable bonds is 14. The fraction of sp³-hybridized carbons (Fsp3) is 0.357. The van der Waals surface area contributed by atoms with E-state index in [1.165, 1.54) is 11.3 Å². The minimum Gasteiger partial charge on any atom is -0.374 e. The highest BCUT2D eigenvalue weighted by molar-refractivity contribution is 6.60. The lowest BCUT2D eigenvalue weighted by molar-refractivity contribution is 0.0707. The average Bonchev–Trinajstić information content (AvgIpc) is 2.85. The molecule has 3 aromatic carbocycles. The molecule has 0 fully saturated rings. The first-order valence-corrected chi connectivity index (χ1v) is 14.1. The molecule has 3 rings (SSSR count). The first kappa shape index (κ1) is 25.2. The second-order valence-electron chi connectivity index (χ2n) is 7.82. The van der Waals surface area contributed by atoms with E-state index in [0.29, 0.717) is 19.8 Å². The molecule has 0 aliphatic carbocycles. The van der Waals surface area contributed by atoms with Gasteiger partial charge in [-0.05, 0) is 75.9 Å². The van der Waals surface area contributed by atoms with Crippen LogP contribution in [0.1, 0.15) is 39.2 Å². The number of aryl methyl sites for hydroxylation is 1. The lowest BCUT2D eigenvalue weighted by atomic mass is 10.0. The van der Waals surface area contributed by atoms with E-state index in [0.717, 1.165) is 36.7 Å². The molecule has 5 heteroatoms. The molecule has 0 aliphatic rings. The summed E-state index contributed by atoms with van der Waals surface area (Å²) < 4.78 is 18.1. The summed E-state index contributed by atoms with van der Waals surface area (Å²) in [6, 6.07) is 30.7. The largest absolute Gasteiger partial charge is 0.500 e. The van der Waals surface area contributed by atoms with Gasteiger partial charge in [0, 0.05) is 42.9 Å². The molecular weight excluding hydrogens is 426 g/mol. The maximum absolute atomic E-state index is 6.03. The lowest BCUT2D eigenvalue weighted by Gasteiger charge is -2.29. The Kier molecular flexibility index (Phi) is 10.2. The van der Waals surface area contributed by atoms with Crippen molar-refractivity contribution in [2.24, 2.45) is 0 Å². The molecule has 0 aromatic heterocycles. The third-order valence-corrected chi connectivity index (χ3v) is 8.68. The van der Waals surface area contributed by atoms with Crippen LogP contribution in [0.5, 0.6) is 0 Å². The van der Waals surface area contributed by atoms with E-state index in [1.54, 1.807) is 0 Å². The fourth-order valence-electron chi connectivity index (χ4n) is 4.18. The summed E-state index contributed by atoms with van der Waals surface area (Å²) >= 11 is 0. The predicted molar refractivity (Wildman–Crippen MR) is 140 cm³/mol. The molecule has 0 saturated carbocycles. The van der Waals surface area contributed by atoms with Crippen molar-refractivity contribution in [1.29, 1.82) is 0 Å². The Morgan fingerprint density at radius 2 is 1.09 bits per heavy atom. The molecular formula is C28H37NO3Si. The Labute approximate surface area is 200 Å². The quantitative estimate of drug-likeness (QED) is 0.183. The molecule has 0 amide bonds. The van der Waals surface area contributed by atoms with Crippen molar-refractivity contribution in [3.8, 4) is 0 Å². The highest BCUT2D eigenvalue weighted by atomic mass is 28.4. The number of unbranched alkanes of at least 4 members (excludes halogenated alkanes) is 1. The molecule has 0 N–H and O–H groups in total. The minimum absolute atomic E-state index is 0.623. The second kappa shape index (κ2) is 13.3. The van der Waals surface area contributed by atoms with Gasteiger partial charge in [-0.1, -0.05) is 54.6 Å². The van der Waals surface area contributed by atoms with Crippen LogP contribution in [0.4, 0.5) is 17.1 Å². The number of hydrogen-bond acceptors (Lipinski definition) is 4. The predicted octanol–water partition coefficient (Wildman–Crippen LogP) is 7.53. The van der Waals surface area contributed by atoms with Gasteiger partial charge in [-0.25, -0.2) is 0 Å². The first-order chi connectivity index (χ1) is 16.2. The van der Waals surface area contributed by atoms with Crippen molar-refractivity contribution < 1.29 is 13.3 Å². The third-order valence-electron chi connectivity index (χ3n) is 5.53. The number of hydrogen-bond donors (Lipinski definition) is 0. The molecule has 176 valence electrons. The highest BCUT2D eigenvalue weighted by Gasteiger charge is 2.39. The average molecular weight is 464 g/mol. The highest BCUT2D eigenvalue weighted by Crippen LogP contribution is 2.36. The Bertz CT molecular complexity index is 880. The van der Waals surface area contributed by atoms with Crippen LogP contribution in [0.25, 0.3) is 0 Å². The van der Waals surface area contributed by atoms with Gasteiger partial charge in [-0.3, -0.25) is 0 Å². The van der Waals surface area contributed by atoms with Gasteiger partial charge in [0.15, 0.2) is 0 Å². The maximum atomic E-state index is 6.03. The molecule has 0 atom stereocenters. The number of para-hydroxylation sites is 3. The van der Waals surface area contributed by atoms with Gasteiger partial charge >= 0.3 is 8.80 Å². The molecule has 4 nitrogen and oxygen atoms in total. The van der Waals surface area contributed by atoms with E-state index in [2.05, 4.69) is 89.8 Å². The topological polar surface area (TPSA) is 30.9 Å². The van der Waals surface area contributed by atoms with E-state index in [-0.39, 0.29) is 0 Å². The van der Waals surface area contributed by atoms with E-state index in [9.17, 15) is 0 Å². The van der Waals surface area contributed by atoms with Crippen LogP contribution < -0.4 is 4.90 Å². The molecule has 0 bridgehead atoms. The van der Waals surface area contributed by atoms with Gasteiger partial charge in [-0.15, -0.1) is 0 Å².